The van der Waals surface area contributed by atoms with Crippen molar-refractivity contribution in [2.24, 2.45) is 7.05 Å². The van der Waals surface area contributed by atoms with Crippen molar-refractivity contribution in [3.8, 4) is 0 Å². The first-order valence-electron chi connectivity index (χ1n) is 6.96. The third kappa shape index (κ3) is 2.56. The van der Waals surface area contributed by atoms with Crippen LogP contribution in [0, 0.1) is 13.8 Å². The maximum absolute atomic E-state index is 12.8. The lowest BCUT2D eigenvalue weighted by Crippen LogP contribution is -2.44. The van der Waals surface area contributed by atoms with E-state index in [1.807, 2.05) is 25.8 Å². The van der Waals surface area contributed by atoms with Crippen molar-refractivity contribution >= 4 is 5.91 Å². The lowest BCUT2D eigenvalue weighted by Gasteiger charge is -2.34. The molecule has 3 rings (SSSR count). The van der Waals surface area contributed by atoms with E-state index in [9.17, 15) is 4.79 Å². The maximum atomic E-state index is 12.8. The molecule has 1 aliphatic heterocycles. The zero-order chi connectivity index (χ0) is 15.0. The molecule has 1 N–H and O–H groups in total. The quantitative estimate of drug-likeness (QED) is 0.894. The Bertz CT molecular complexity index is 660. The van der Waals surface area contributed by atoms with E-state index >= 15 is 0 Å². The van der Waals surface area contributed by atoms with Crippen LogP contribution in [0.2, 0.25) is 0 Å². The van der Waals surface area contributed by atoms with Gasteiger partial charge >= 0.3 is 0 Å². The molecule has 0 spiro atoms. The van der Waals surface area contributed by atoms with E-state index < -0.39 is 0 Å². The summed E-state index contributed by atoms with van der Waals surface area (Å²) in [4.78, 5) is 22.2. The van der Waals surface area contributed by atoms with Crippen LogP contribution in [0.15, 0.2) is 12.4 Å². The fourth-order valence-corrected chi connectivity index (χ4v) is 2.64. The number of aromatic amines is 1. The number of H-pyrrole nitrogens is 1. The number of hydrogen-bond donors (Lipinski definition) is 1. The Kier molecular flexibility index (Phi) is 3.50. The number of carbonyl (C=O) groups is 1. The summed E-state index contributed by atoms with van der Waals surface area (Å²) in [5, 5.41) is 4.24. The standard InChI is InChI=1S/C14H19N5O2/c1-9-6-15-13(16-9)12-8-21-5-4-19(12)14(20)11-7-18(3)17-10(11)2/h6-7,12H,4-5,8H2,1-3H3,(H,15,16)/t12-/m0/s1. The van der Waals surface area contributed by atoms with Crippen molar-refractivity contribution < 1.29 is 9.53 Å². The molecule has 0 saturated carbocycles. The van der Waals surface area contributed by atoms with Crippen molar-refractivity contribution in [1.29, 1.82) is 0 Å². The Morgan fingerprint density at radius 2 is 2.29 bits per heavy atom. The molecule has 7 heteroatoms. The van der Waals surface area contributed by atoms with Gasteiger partial charge in [0.1, 0.15) is 11.9 Å². The van der Waals surface area contributed by atoms with E-state index in [1.54, 1.807) is 17.1 Å². The SMILES string of the molecule is Cc1cnc([C@@H]2COCCN2C(=O)c2cn(C)nc2C)[nH]1. The Labute approximate surface area is 122 Å². The van der Waals surface area contributed by atoms with Crippen LogP contribution in [0.3, 0.4) is 0 Å². The molecule has 2 aromatic rings. The first kappa shape index (κ1) is 13.8. The molecular formula is C14H19N5O2. The van der Waals surface area contributed by atoms with Crippen LogP contribution in [0.1, 0.15) is 33.6 Å². The number of morpholine rings is 1. The van der Waals surface area contributed by atoms with Gasteiger partial charge in [0.25, 0.3) is 5.91 Å². The predicted octanol–water partition coefficient (Wildman–Crippen LogP) is 0.974. The normalized spacial score (nSPS) is 19.0. The first-order chi connectivity index (χ1) is 10.1. The number of imidazole rings is 1. The van der Waals surface area contributed by atoms with Crippen molar-refractivity contribution in [2.75, 3.05) is 19.8 Å². The number of ether oxygens (including phenoxy) is 1. The lowest BCUT2D eigenvalue weighted by molar-refractivity contribution is -0.00505. The summed E-state index contributed by atoms with van der Waals surface area (Å²) in [6.45, 7) is 5.34. The monoisotopic (exact) mass is 289 g/mol. The molecule has 0 aromatic carbocycles. The lowest BCUT2D eigenvalue weighted by atomic mass is 10.1. The fraction of sp³-hybridized carbons (Fsp3) is 0.500. The highest BCUT2D eigenvalue weighted by molar-refractivity contribution is 5.95. The molecule has 1 saturated heterocycles. The van der Waals surface area contributed by atoms with Crippen molar-refractivity contribution in [3.63, 3.8) is 0 Å². The molecule has 0 radical (unpaired) electrons. The molecule has 2 aromatic heterocycles. The highest BCUT2D eigenvalue weighted by Crippen LogP contribution is 2.24. The molecular weight excluding hydrogens is 270 g/mol. The van der Waals surface area contributed by atoms with Gasteiger partial charge in [0.15, 0.2) is 0 Å². The predicted molar refractivity (Wildman–Crippen MR) is 75.9 cm³/mol. The summed E-state index contributed by atoms with van der Waals surface area (Å²) >= 11 is 0. The van der Waals surface area contributed by atoms with Crippen LogP contribution in [-0.2, 0) is 11.8 Å². The zero-order valence-corrected chi connectivity index (χ0v) is 12.5. The fourth-order valence-electron chi connectivity index (χ4n) is 2.64. The number of hydrogen-bond acceptors (Lipinski definition) is 4. The molecule has 1 fully saturated rings. The average molecular weight is 289 g/mol. The number of nitrogens with one attached hydrogen (secondary N) is 1. The summed E-state index contributed by atoms with van der Waals surface area (Å²) in [5.74, 6) is 0.741. The van der Waals surface area contributed by atoms with Crippen LogP contribution in [0.25, 0.3) is 0 Å². The molecule has 1 amide bonds. The minimum absolute atomic E-state index is 0.0250. The van der Waals surface area contributed by atoms with Crippen LogP contribution in [0.5, 0.6) is 0 Å². The van der Waals surface area contributed by atoms with E-state index in [0.717, 1.165) is 17.2 Å². The number of rotatable bonds is 2. The largest absolute Gasteiger partial charge is 0.377 e. The second-order valence-electron chi connectivity index (χ2n) is 5.34. The molecule has 0 unspecified atom stereocenters. The Balaban J connectivity index is 1.90. The molecule has 3 heterocycles. The Hall–Kier alpha value is -2.15. The zero-order valence-electron chi connectivity index (χ0n) is 12.5. The van der Waals surface area contributed by atoms with E-state index in [4.69, 9.17) is 4.74 Å². The summed E-state index contributed by atoms with van der Waals surface area (Å²) in [6, 6.07) is -0.181. The van der Waals surface area contributed by atoms with Gasteiger partial charge in [0, 0.05) is 31.7 Å². The van der Waals surface area contributed by atoms with Gasteiger partial charge in [-0.2, -0.15) is 5.10 Å². The number of aromatic nitrogens is 4. The van der Waals surface area contributed by atoms with Gasteiger partial charge < -0.3 is 14.6 Å². The highest BCUT2D eigenvalue weighted by atomic mass is 16.5. The molecule has 21 heavy (non-hydrogen) atoms. The number of aryl methyl sites for hydroxylation is 3. The van der Waals surface area contributed by atoms with Crippen LogP contribution >= 0.6 is 0 Å². The summed E-state index contributed by atoms with van der Waals surface area (Å²) < 4.78 is 7.18. The first-order valence-corrected chi connectivity index (χ1v) is 6.96. The van der Waals surface area contributed by atoms with Gasteiger partial charge in [-0.05, 0) is 13.8 Å². The molecule has 7 nitrogen and oxygen atoms in total. The van der Waals surface area contributed by atoms with E-state index in [1.165, 1.54) is 0 Å². The van der Waals surface area contributed by atoms with Gasteiger partial charge in [-0.15, -0.1) is 0 Å². The minimum Gasteiger partial charge on any atom is -0.377 e. The number of carbonyl (C=O) groups excluding carboxylic acids is 1. The van der Waals surface area contributed by atoms with Gasteiger partial charge in [-0.1, -0.05) is 0 Å². The third-order valence-corrected chi connectivity index (χ3v) is 3.67. The van der Waals surface area contributed by atoms with Crippen LogP contribution < -0.4 is 0 Å². The minimum atomic E-state index is -0.181. The number of nitrogens with zero attached hydrogens (tertiary/aromatic N) is 4. The summed E-state index contributed by atoms with van der Waals surface area (Å²) in [5.41, 5.74) is 2.34. The van der Waals surface area contributed by atoms with Crippen molar-refractivity contribution in [3.05, 3.63) is 35.2 Å². The summed E-state index contributed by atoms with van der Waals surface area (Å²) in [6.07, 6.45) is 3.53. The highest BCUT2D eigenvalue weighted by Gasteiger charge is 2.32. The Morgan fingerprint density at radius 3 is 2.90 bits per heavy atom. The van der Waals surface area contributed by atoms with Gasteiger partial charge in [-0.25, -0.2) is 4.98 Å². The molecule has 112 valence electrons. The second-order valence-corrected chi connectivity index (χ2v) is 5.34. The van der Waals surface area contributed by atoms with Gasteiger partial charge in [-0.3, -0.25) is 9.48 Å². The van der Waals surface area contributed by atoms with Crippen molar-refractivity contribution in [2.45, 2.75) is 19.9 Å². The molecule has 0 bridgehead atoms. The maximum Gasteiger partial charge on any atom is 0.258 e. The Morgan fingerprint density at radius 1 is 1.48 bits per heavy atom. The van der Waals surface area contributed by atoms with E-state index in [2.05, 4.69) is 15.1 Å². The van der Waals surface area contributed by atoms with Crippen molar-refractivity contribution in [1.82, 2.24) is 24.6 Å². The van der Waals surface area contributed by atoms with Gasteiger partial charge in [0.2, 0.25) is 0 Å². The smallest absolute Gasteiger partial charge is 0.258 e. The average Bonchev–Trinajstić information content (AvgIpc) is 3.04. The third-order valence-electron chi connectivity index (χ3n) is 3.67. The van der Waals surface area contributed by atoms with Gasteiger partial charge in [0.05, 0.1) is 24.5 Å². The van der Waals surface area contributed by atoms with Crippen LogP contribution in [0.4, 0.5) is 0 Å². The van der Waals surface area contributed by atoms with Crippen LogP contribution in [-0.4, -0.2) is 50.3 Å². The summed E-state index contributed by atoms with van der Waals surface area (Å²) in [7, 11) is 1.82. The molecule has 1 atom stereocenters. The van der Waals surface area contributed by atoms with E-state index in [-0.39, 0.29) is 11.9 Å². The second kappa shape index (κ2) is 5.33. The number of amides is 1. The molecule has 0 aliphatic carbocycles. The topological polar surface area (TPSA) is 76.0 Å². The molecule has 1 aliphatic rings. The van der Waals surface area contributed by atoms with E-state index in [0.29, 0.717) is 25.3 Å².